The molecule has 0 saturated carbocycles. The molecule has 0 heterocycles. The van der Waals surface area contributed by atoms with E-state index >= 15 is 0 Å². The van der Waals surface area contributed by atoms with Crippen LogP contribution in [-0.4, -0.2) is 25.4 Å². The zero-order valence-electron chi connectivity index (χ0n) is 12.8. The molecule has 116 valence electrons. The number of nitrogens with one attached hydrogen (secondary N) is 1. The van der Waals surface area contributed by atoms with Gasteiger partial charge in [-0.1, -0.05) is 18.2 Å². The molecule has 1 unspecified atom stereocenters. The van der Waals surface area contributed by atoms with Crippen LogP contribution < -0.4 is 14.8 Å². The van der Waals surface area contributed by atoms with Gasteiger partial charge in [0.1, 0.15) is 0 Å². The molecule has 1 amide bonds. The number of anilines is 1. The van der Waals surface area contributed by atoms with Crippen molar-refractivity contribution in [3.8, 4) is 11.5 Å². The molecule has 2 rings (SSSR count). The van der Waals surface area contributed by atoms with E-state index in [9.17, 15) is 4.79 Å². The number of rotatable bonds is 6. The fourth-order valence-electron chi connectivity index (χ4n) is 1.91. The highest BCUT2D eigenvalue weighted by atomic mass is 32.2. The van der Waals surface area contributed by atoms with Crippen molar-refractivity contribution in [2.75, 3.05) is 19.5 Å². The molecule has 1 N–H and O–H groups in total. The SMILES string of the molecule is COc1ccc(NC(=O)C(C)Sc2ccccc2)cc1OC. The summed E-state index contributed by atoms with van der Waals surface area (Å²) in [6, 6.07) is 15.2. The van der Waals surface area contributed by atoms with Gasteiger partial charge in [-0.3, -0.25) is 4.79 Å². The maximum absolute atomic E-state index is 12.3. The Kier molecular flexibility index (Phi) is 5.72. The van der Waals surface area contributed by atoms with Gasteiger partial charge in [0, 0.05) is 16.6 Å². The average molecular weight is 317 g/mol. The van der Waals surface area contributed by atoms with Gasteiger partial charge >= 0.3 is 0 Å². The van der Waals surface area contributed by atoms with Crippen molar-refractivity contribution in [2.24, 2.45) is 0 Å². The summed E-state index contributed by atoms with van der Waals surface area (Å²) < 4.78 is 10.4. The lowest BCUT2D eigenvalue weighted by Gasteiger charge is -2.14. The molecule has 4 nitrogen and oxygen atoms in total. The molecular formula is C17H19NO3S. The Morgan fingerprint density at radius 3 is 2.36 bits per heavy atom. The van der Waals surface area contributed by atoms with Crippen LogP contribution >= 0.6 is 11.8 Å². The van der Waals surface area contributed by atoms with Crippen molar-refractivity contribution in [3.63, 3.8) is 0 Å². The minimum atomic E-state index is -0.199. The first-order valence-corrected chi connectivity index (χ1v) is 7.76. The molecule has 0 spiro atoms. The molecule has 0 saturated heterocycles. The van der Waals surface area contributed by atoms with E-state index < -0.39 is 0 Å². The molecule has 0 aliphatic carbocycles. The lowest BCUT2D eigenvalue weighted by Crippen LogP contribution is -2.22. The van der Waals surface area contributed by atoms with E-state index in [1.54, 1.807) is 32.4 Å². The maximum atomic E-state index is 12.3. The Morgan fingerprint density at radius 1 is 1.05 bits per heavy atom. The van der Waals surface area contributed by atoms with Crippen LogP contribution in [0, 0.1) is 0 Å². The van der Waals surface area contributed by atoms with E-state index in [0.29, 0.717) is 17.2 Å². The molecule has 2 aromatic rings. The van der Waals surface area contributed by atoms with E-state index in [-0.39, 0.29) is 11.2 Å². The van der Waals surface area contributed by atoms with Crippen LogP contribution in [-0.2, 0) is 4.79 Å². The predicted octanol–water partition coefficient (Wildman–Crippen LogP) is 3.82. The van der Waals surface area contributed by atoms with E-state index in [0.717, 1.165) is 4.90 Å². The summed E-state index contributed by atoms with van der Waals surface area (Å²) in [5.74, 6) is 1.16. The molecule has 0 aromatic heterocycles. The second kappa shape index (κ2) is 7.75. The molecule has 0 aliphatic rings. The third kappa shape index (κ3) is 4.18. The van der Waals surface area contributed by atoms with Gasteiger partial charge in [-0.15, -0.1) is 11.8 Å². The number of carbonyl (C=O) groups excluding carboxylic acids is 1. The summed E-state index contributed by atoms with van der Waals surface area (Å²) in [5, 5.41) is 2.69. The van der Waals surface area contributed by atoms with Crippen molar-refractivity contribution in [1.82, 2.24) is 0 Å². The van der Waals surface area contributed by atoms with Gasteiger partial charge in [0.25, 0.3) is 0 Å². The summed E-state index contributed by atoms with van der Waals surface area (Å²) in [4.78, 5) is 13.3. The quantitative estimate of drug-likeness (QED) is 0.823. The molecule has 1 atom stereocenters. The highest BCUT2D eigenvalue weighted by molar-refractivity contribution is 8.00. The number of amides is 1. The average Bonchev–Trinajstić information content (AvgIpc) is 2.55. The lowest BCUT2D eigenvalue weighted by atomic mass is 10.2. The minimum Gasteiger partial charge on any atom is -0.493 e. The first-order valence-electron chi connectivity index (χ1n) is 6.88. The van der Waals surface area contributed by atoms with Crippen molar-refractivity contribution >= 4 is 23.4 Å². The van der Waals surface area contributed by atoms with Gasteiger partial charge in [0.15, 0.2) is 11.5 Å². The van der Waals surface area contributed by atoms with Crippen LogP contribution in [0.4, 0.5) is 5.69 Å². The van der Waals surface area contributed by atoms with Gasteiger partial charge in [0.2, 0.25) is 5.91 Å². The molecule has 0 bridgehead atoms. The van der Waals surface area contributed by atoms with E-state index in [2.05, 4.69) is 5.32 Å². The van der Waals surface area contributed by atoms with Crippen molar-refractivity contribution in [2.45, 2.75) is 17.1 Å². The highest BCUT2D eigenvalue weighted by Crippen LogP contribution is 2.30. The predicted molar refractivity (Wildman–Crippen MR) is 89.9 cm³/mol. The smallest absolute Gasteiger partial charge is 0.237 e. The van der Waals surface area contributed by atoms with Crippen molar-refractivity contribution in [3.05, 3.63) is 48.5 Å². The van der Waals surface area contributed by atoms with Gasteiger partial charge in [-0.2, -0.15) is 0 Å². The summed E-state index contributed by atoms with van der Waals surface area (Å²) in [5.41, 5.74) is 0.683. The summed E-state index contributed by atoms with van der Waals surface area (Å²) >= 11 is 1.52. The monoisotopic (exact) mass is 317 g/mol. The fraction of sp³-hybridized carbons (Fsp3) is 0.235. The number of methoxy groups -OCH3 is 2. The molecule has 0 radical (unpaired) electrons. The van der Waals surface area contributed by atoms with Crippen molar-refractivity contribution < 1.29 is 14.3 Å². The van der Waals surface area contributed by atoms with E-state index in [1.807, 2.05) is 37.3 Å². The normalized spacial score (nSPS) is 11.6. The second-order valence-electron chi connectivity index (χ2n) is 4.63. The zero-order chi connectivity index (χ0) is 15.9. The number of hydrogen-bond donors (Lipinski definition) is 1. The molecule has 22 heavy (non-hydrogen) atoms. The van der Waals surface area contributed by atoms with Gasteiger partial charge in [-0.05, 0) is 31.2 Å². The molecule has 0 aliphatic heterocycles. The van der Waals surface area contributed by atoms with Crippen LogP contribution in [0.15, 0.2) is 53.4 Å². The molecule has 2 aromatic carbocycles. The Balaban J connectivity index is 2.02. The summed E-state index contributed by atoms with van der Waals surface area (Å²) in [6.45, 7) is 1.88. The Bertz CT molecular complexity index is 631. The number of benzene rings is 2. The van der Waals surface area contributed by atoms with Gasteiger partial charge < -0.3 is 14.8 Å². The van der Waals surface area contributed by atoms with Crippen LogP contribution in [0.2, 0.25) is 0 Å². The lowest BCUT2D eigenvalue weighted by molar-refractivity contribution is -0.115. The highest BCUT2D eigenvalue weighted by Gasteiger charge is 2.15. The molecule has 5 heteroatoms. The summed E-state index contributed by atoms with van der Waals surface area (Å²) in [7, 11) is 3.14. The number of hydrogen-bond acceptors (Lipinski definition) is 4. The first kappa shape index (κ1) is 16.2. The third-order valence-electron chi connectivity index (χ3n) is 3.08. The maximum Gasteiger partial charge on any atom is 0.237 e. The topological polar surface area (TPSA) is 47.6 Å². The standard InChI is InChI=1S/C17H19NO3S/c1-12(22-14-7-5-4-6-8-14)17(19)18-13-9-10-15(20-2)16(11-13)21-3/h4-12H,1-3H3,(H,18,19). The first-order chi connectivity index (χ1) is 10.6. The van der Waals surface area contributed by atoms with Crippen LogP contribution in [0.5, 0.6) is 11.5 Å². The summed E-state index contributed by atoms with van der Waals surface area (Å²) in [6.07, 6.45) is 0. The zero-order valence-corrected chi connectivity index (χ0v) is 13.6. The second-order valence-corrected chi connectivity index (χ2v) is 6.05. The van der Waals surface area contributed by atoms with E-state index in [4.69, 9.17) is 9.47 Å². The molecular weight excluding hydrogens is 298 g/mol. The van der Waals surface area contributed by atoms with Crippen LogP contribution in [0.1, 0.15) is 6.92 Å². The Hall–Kier alpha value is -2.14. The van der Waals surface area contributed by atoms with Crippen LogP contribution in [0.3, 0.4) is 0 Å². The van der Waals surface area contributed by atoms with Gasteiger partial charge in [-0.25, -0.2) is 0 Å². The Labute approximate surface area is 134 Å². The number of thioether (sulfide) groups is 1. The number of ether oxygens (including phenoxy) is 2. The minimum absolute atomic E-state index is 0.0546. The molecule has 0 fully saturated rings. The number of carbonyl (C=O) groups is 1. The fourth-order valence-corrected chi connectivity index (χ4v) is 2.80. The van der Waals surface area contributed by atoms with Gasteiger partial charge in [0.05, 0.1) is 19.5 Å². The van der Waals surface area contributed by atoms with Crippen LogP contribution in [0.25, 0.3) is 0 Å². The largest absolute Gasteiger partial charge is 0.493 e. The van der Waals surface area contributed by atoms with E-state index in [1.165, 1.54) is 11.8 Å². The third-order valence-corrected chi connectivity index (χ3v) is 4.19. The Morgan fingerprint density at radius 2 is 1.73 bits per heavy atom. The van der Waals surface area contributed by atoms with Crippen molar-refractivity contribution in [1.29, 1.82) is 0 Å².